The van der Waals surface area contributed by atoms with Gasteiger partial charge in [0.25, 0.3) is 0 Å². The Labute approximate surface area is 242 Å². The van der Waals surface area contributed by atoms with Crippen LogP contribution in [0.25, 0.3) is 44.3 Å². The van der Waals surface area contributed by atoms with Gasteiger partial charge < -0.3 is 20.2 Å². The minimum absolute atomic E-state index is 0. The van der Waals surface area contributed by atoms with Crippen LogP contribution in [0.15, 0.2) is 61.1 Å². The van der Waals surface area contributed by atoms with Crippen molar-refractivity contribution in [2.24, 2.45) is 5.92 Å². The molecular formula is C30H29N6Y-. The fraction of sp³-hybridized carbons (Fsp3) is 0.300. The van der Waals surface area contributed by atoms with E-state index in [1.165, 1.54) is 38.9 Å². The Balaban J connectivity index is 0.00000252. The van der Waals surface area contributed by atoms with E-state index < -0.39 is 0 Å². The van der Waals surface area contributed by atoms with Gasteiger partial charge in [-0.15, -0.1) is 23.6 Å². The number of nitrogens with zero attached hydrogens (tertiary/aromatic N) is 5. The summed E-state index contributed by atoms with van der Waals surface area (Å²) in [6.07, 6.45) is 7.57. The summed E-state index contributed by atoms with van der Waals surface area (Å²) in [5.41, 5.74) is 13.7. The second kappa shape index (κ2) is 9.90. The molecule has 0 atom stereocenters. The second-order valence-corrected chi connectivity index (χ2v) is 10.3. The first-order chi connectivity index (χ1) is 17.7. The maximum Gasteiger partial charge on any atom is 0.146 e. The summed E-state index contributed by atoms with van der Waals surface area (Å²) in [4.78, 5) is 16.7. The summed E-state index contributed by atoms with van der Waals surface area (Å²) in [5.74, 6) is 1.30. The Bertz CT molecular complexity index is 1580. The molecule has 2 aromatic carbocycles. The molecule has 1 aliphatic heterocycles. The number of hydrogen-bond donors (Lipinski definition) is 1. The Kier molecular flexibility index (Phi) is 6.60. The number of pyridine rings is 1. The molecule has 2 aliphatic rings. The molecule has 7 heteroatoms. The summed E-state index contributed by atoms with van der Waals surface area (Å²) in [7, 11) is 0. The molecule has 0 spiro atoms. The van der Waals surface area contributed by atoms with Gasteiger partial charge in [0, 0.05) is 57.1 Å². The van der Waals surface area contributed by atoms with Crippen molar-refractivity contribution in [3.63, 3.8) is 0 Å². The van der Waals surface area contributed by atoms with Crippen molar-refractivity contribution in [3.05, 3.63) is 72.7 Å². The summed E-state index contributed by atoms with van der Waals surface area (Å²) in [6, 6.07) is 20.4. The van der Waals surface area contributed by atoms with Gasteiger partial charge in [-0.2, -0.15) is 0 Å². The van der Waals surface area contributed by atoms with Crippen LogP contribution in [0.5, 0.6) is 0 Å². The number of nitrogen functional groups attached to an aromatic ring is 1. The first kappa shape index (κ1) is 24.7. The van der Waals surface area contributed by atoms with Crippen LogP contribution in [0.2, 0.25) is 0 Å². The predicted molar refractivity (Wildman–Crippen MR) is 145 cm³/mol. The number of rotatable bonds is 5. The van der Waals surface area contributed by atoms with Crippen LogP contribution in [0, 0.1) is 18.9 Å². The predicted octanol–water partition coefficient (Wildman–Crippen LogP) is 5.66. The Hall–Kier alpha value is -2.67. The maximum atomic E-state index is 6.46. The van der Waals surface area contributed by atoms with E-state index in [9.17, 15) is 0 Å². The number of benzene rings is 2. The third-order valence-corrected chi connectivity index (χ3v) is 8.10. The van der Waals surface area contributed by atoms with Crippen LogP contribution in [-0.2, 0) is 32.7 Å². The number of aryl methyl sites for hydroxylation is 1. The molecule has 3 aromatic heterocycles. The second-order valence-electron chi connectivity index (χ2n) is 10.3. The monoisotopic (exact) mass is 562 g/mol. The molecule has 4 heterocycles. The van der Waals surface area contributed by atoms with Crippen molar-refractivity contribution in [3.8, 4) is 22.4 Å². The normalized spacial score (nSPS) is 19.4. The molecule has 0 amide bonds. The molecule has 2 fully saturated rings. The van der Waals surface area contributed by atoms with Crippen LogP contribution in [0.1, 0.15) is 30.9 Å². The average Bonchev–Trinajstić information content (AvgIpc) is 3.23. The SMILES string of the molecule is Cc1c(-c2cn(C3CC(CN4CCC4)C3)c3ncnc(N)c23)ccc2[c-]cc(-c3ccccc3)nc12.[Y]. The van der Waals surface area contributed by atoms with Gasteiger partial charge in [-0.1, -0.05) is 42.0 Å². The van der Waals surface area contributed by atoms with E-state index >= 15 is 0 Å². The molecule has 5 aromatic rings. The minimum Gasteiger partial charge on any atom is -0.383 e. The third kappa shape index (κ3) is 4.29. The zero-order chi connectivity index (χ0) is 24.2. The molecule has 2 N–H and O–H groups in total. The van der Waals surface area contributed by atoms with Gasteiger partial charge in [0.2, 0.25) is 0 Å². The molecular weight excluding hydrogens is 533 g/mol. The van der Waals surface area contributed by atoms with Crippen LogP contribution < -0.4 is 5.73 Å². The quantitative estimate of drug-likeness (QED) is 0.280. The number of hydrogen-bond acceptors (Lipinski definition) is 5. The van der Waals surface area contributed by atoms with Gasteiger partial charge in [0.05, 0.1) is 5.39 Å². The van der Waals surface area contributed by atoms with Gasteiger partial charge in [0.15, 0.2) is 0 Å². The maximum absolute atomic E-state index is 6.46. The van der Waals surface area contributed by atoms with Crippen molar-refractivity contribution >= 4 is 27.8 Å². The molecule has 1 aliphatic carbocycles. The Morgan fingerprint density at radius 1 is 1.03 bits per heavy atom. The first-order valence-corrected chi connectivity index (χ1v) is 12.9. The minimum atomic E-state index is 0. The van der Waals surface area contributed by atoms with Crippen LogP contribution >= 0.6 is 0 Å². The molecule has 1 saturated carbocycles. The van der Waals surface area contributed by atoms with Crippen LogP contribution in [0.4, 0.5) is 5.82 Å². The van der Waals surface area contributed by atoms with Crippen molar-refractivity contribution < 1.29 is 32.7 Å². The van der Waals surface area contributed by atoms with E-state index in [-0.39, 0.29) is 32.7 Å². The fourth-order valence-electron chi connectivity index (χ4n) is 5.91. The molecule has 0 unspecified atom stereocenters. The number of nitrogens with two attached hydrogens (primary N) is 1. The van der Waals surface area contributed by atoms with Gasteiger partial charge in [-0.05, 0) is 67.5 Å². The van der Waals surface area contributed by atoms with E-state index in [2.05, 4.69) is 62.9 Å². The van der Waals surface area contributed by atoms with Crippen LogP contribution in [0.3, 0.4) is 0 Å². The Morgan fingerprint density at radius 2 is 1.84 bits per heavy atom. The number of likely N-dealkylation sites (tertiary alicyclic amines) is 1. The molecule has 183 valence electrons. The summed E-state index contributed by atoms with van der Waals surface area (Å²) >= 11 is 0. The molecule has 7 rings (SSSR count). The summed E-state index contributed by atoms with van der Waals surface area (Å²) < 4.78 is 2.35. The molecule has 1 radical (unpaired) electrons. The average molecular weight is 563 g/mol. The molecule has 0 bridgehead atoms. The number of aromatic nitrogens is 4. The van der Waals surface area contributed by atoms with E-state index in [1.807, 2.05) is 24.3 Å². The number of fused-ring (bicyclic) bond motifs is 2. The largest absolute Gasteiger partial charge is 0.383 e. The van der Waals surface area contributed by atoms with Crippen LogP contribution in [-0.4, -0.2) is 44.1 Å². The zero-order valence-corrected chi connectivity index (χ0v) is 23.9. The molecule has 37 heavy (non-hydrogen) atoms. The van der Waals surface area contributed by atoms with Gasteiger partial charge in [-0.3, -0.25) is 0 Å². The van der Waals surface area contributed by atoms with Gasteiger partial charge >= 0.3 is 0 Å². The van der Waals surface area contributed by atoms with Gasteiger partial charge in [0.1, 0.15) is 17.8 Å². The Morgan fingerprint density at radius 3 is 2.59 bits per heavy atom. The third-order valence-electron chi connectivity index (χ3n) is 8.10. The topological polar surface area (TPSA) is 72.9 Å². The van der Waals surface area contributed by atoms with E-state index in [1.54, 1.807) is 6.33 Å². The van der Waals surface area contributed by atoms with Crippen molar-refractivity contribution in [2.75, 3.05) is 25.4 Å². The van der Waals surface area contributed by atoms with E-state index in [0.29, 0.717) is 11.9 Å². The van der Waals surface area contributed by atoms with Gasteiger partial charge in [-0.25, -0.2) is 9.97 Å². The van der Waals surface area contributed by atoms with E-state index in [0.717, 1.165) is 55.8 Å². The number of anilines is 1. The molecule has 6 nitrogen and oxygen atoms in total. The zero-order valence-electron chi connectivity index (χ0n) is 21.1. The molecule has 1 saturated heterocycles. The van der Waals surface area contributed by atoms with Crippen molar-refractivity contribution in [1.29, 1.82) is 0 Å². The standard InChI is InChI=1S/C30H29N6.Y/c1-19-24(10-8-22-9-11-26(34-28(19)22)21-6-3-2-4-7-21)25-17-36(30-27(25)29(31)32-18-33-30)23-14-20(15-23)16-35-12-5-13-35;/h2-4,6-8,10-11,17-18,20,23H,5,12-16H2,1H3,(H2,31,32,33);/q-1;. The first-order valence-electron chi connectivity index (χ1n) is 12.9. The summed E-state index contributed by atoms with van der Waals surface area (Å²) in [5, 5.41) is 1.95. The van der Waals surface area contributed by atoms with Crippen molar-refractivity contribution in [2.45, 2.75) is 32.2 Å². The fourth-order valence-corrected chi connectivity index (χ4v) is 5.91. The van der Waals surface area contributed by atoms with E-state index in [4.69, 9.17) is 10.7 Å². The summed E-state index contributed by atoms with van der Waals surface area (Å²) in [6.45, 7) is 5.90. The smallest absolute Gasteiger partial charge is 0.146 e. The van der Waals surface area contributed by atoms with Crippen molar-refractivity contribution in [1.82, 2.24) is 24.4 Å².